The molecule has 0 bridgehead atoms. The second kappa shape index (κ2) is 5.60. The molecule has 1 fully saturated rings. The maximum absolute atomic E-state index is 11.3. The summed E-state index contributed by atoms with van der Waals surface area (Å²) in [6.45, 7) is 1.88. The van der Waals surface area contributed by atoms with Crippen molar-refractivity contribution in [3.8, 4) is 10.6 Å². The van der Waals surface area contributed by atoms with Gasteiger partial charge in [-0.05, 0) is 28.1 Å². The number of hydrogen-bond acceptors (Lipinski definition) is 5. The van der Waals surface area contributed by atoms with Crippen LogP contribution in [0.1, 0.15) is 5.01 Å². The van der Waals surface area contributed by atoms with E-state index in [2.05, 4.69) is 32.4 Å². The van der Waals surface area contributed by atoms with Gasteiger partial charge in [0.1, 0.15) is 6.61 Å². The maximum atomic E-state index is 11.3. The summed E-state index contributed by atoms with van der Waals surface area (Å²) in [5.41, 5.74) is 1.01. The van der Waals surface area contributed by atoms with Gasteiger partial charge in [-0.1, -0.05) is 0 Å². The van der Waals surface area contributed by atoms with E-state index >= 15 is 0 Å². The smallest absolute Gasteiger partial charge is 0.409 e. The zero-order valence-corrected chi connectivity index (χ0v) is 13.2. The van der Waals surface area contributed by atoms with E-state index in [9.17, 15) is 4.79 Å². The maximum Gasteiger partial charge on any atom is 0.409 e. The number of carbonyl (C=O) groups excluding carboxylic acids is 1. The average Bonchev–Trinajstić information content (AvgIpc) is 3.08. The summed E-state index contributed by atoms with van der Waals surface area (Å²) < 4.78 is 6.01. The fourth-order valence-corrected chi connectivity index (χ4v) is 4.06. The van der Waals surface area contributed by atoms with E-state index in [1.165, 1.54) is 0 Å². The van der Waals surface area contributed by atoms with E-state index in [4.69, 9.17) is 4.74 Å². The topological polar surface area (TPSA) is 42.4 Å². The number of carbonyl (C=O) groups is 1. The summed E-state index contributed by atoms with van der Waals surface area (Å²) >= 11 is 6.77. The van der Waals surface area contributed by atoms with Gasteiger partial charge in [0.15, 0.2) is 0 Å². The quantitative estimate of drug-likeness (QED) is 0.837. The lowest BCUT2D eigenvalue weighted by Crippen LogP contribution is -2.26. The standard InChI is InChI=1S/C12H11BrN2O2S2/c13-10-2-1-9(19-10)8-7-18-11(14-8)3-4-15-5-6-17-12(15)16/h1-2,7H,3-6H2. The van der Waals surface area contributed by atoms with Crippen LogP contribution in [0.4, 0.5) is 4.79 Å². The zero-order chi connectivity index (χ0) is 13.2. The van der Waals surface area contributed by atoms with Crippen molar-refractivity contribution >= 4 is 44.7 Å². The molecule has 2 aromatic heterocycles. The molecule has 1 saturated heterocycles. The highest BCUT2D eigenvalue weighted by Gasteiger charge is 2.21. The van der Waals surface area contributed by atoms with Crippen molar-refractivity contribution in [3.63, 3.8) is 0 Å². The Morgan fingerprint density at radius 1 is 1.47 bits per heavy atom. The predicted molar refractivity (Wildman–Crippen MR) is 79.8 cm³/mol. The lowest BCUT2D eigenvalue weighted by molar-refractivity contribution is 0.159. The second-order valence-electron chi connectivity index (χ2n) is 4.08. The molecule has 0 unspecified atom stereocenters. The molecule has 1 amide bonds. The number of rotatable bonds is 4. The molecule has 2 aromatic rings. The summed E-state index contributed by atoms with van der Waals surface area (Å²) in [6, 6.07) is 4.09. The van der Waals surface area contributed by atoms with Crippen LogP contribution in [0.25, 0.3) is 10.6 Å². The van der Waals surface area contributed by atoms with Crippen LogP contribution in [0.15, 0.2) is 21.3 Å². The molecule has 3 rings (SSSR count). The van der Waals surface area contributed by atoms with Gasteiger partial charge >= 0.3 is 6.09 Å². The minimum atomic E-state index is -0.209. The van der Waals surface area contributed by atoms with Gasteiger partial charge in [0, 0.05) is 18.3 Å². The van der Waals surface area contributed by atoms with Gasteiger partial charge in [-0.15, -0.1) is 22.7 Å². The van der Waals surface area contributed by atoms with Gasteiger partial charge in [-0.25, -0.2) is 9.78 Å². The van der Waals surface area contributed by atoms with Gasteiger partial charge in [0.2, 0.25) is 0 Å². The SMILES string of the molecule is O=C1OCCN1CCc1nc(-c2ccc(Br)s2)cs1. The Kier molecular flexibility index (Phi) is 3.86. The molecule has 0 aromatic carbocycles. The first-order valence-electron chi connectivity index (χ1n) is 5.84. The minimum absolute atomic E-state index is 0.209. The molecular formula is C12H11BrN2O2S2. The molecule has 100 valence electrons. The highest BCUT2D eigenvalue weighted by molar-refractivity contribution is 9.11. The number of thiophene rings is 1. The first-order chi connectivity index (χ1) is 9.22. The summed E-state index contributed by atoms with van der Waals surface area (Å²) in [5.74, 6) is 0. The van der Waals surface area contributed by atoms with Gasteiger partial charge in [0.25, 0.3) is 0 Å². The van der Waals surface area contributed by atoms with Crippen molar-refractivity contribution in [1.82, 2.24) is 9.88 Å². The molecule has 0 radical (unpaired) electrons. The van der Waals surface area contributed by atoms with Gasteiger partial charge in [0.05, 0.1) is 25.9 Å². The molecule has 19 heavy (non-hydrogen) atoms. The summed E-state index contributed by atoms with van der Waals surface area (Å²) in [6.07, 6.45) is 0.575. The van der Waals surface area contributed by atoms with Crippen LogP contribution in [0.2, 0.25) is 0 Å². The summed E-state index contributed by atoms with van der Waals surface area (Å²) in [5, 5.41) is 3.12. The van der Waals surface area contributed by atoms with Crippen LogP contribution >= 0.6 is 38.6 Å². The summed E-state index contributed by atoms with van der Waals surface area (Å²) in [7, 11) is 0. The molecule has 0 aliphatic carbocycles. The Morgan fingerprint density at radius 2 is 2.37 bits per heavy atom. The number of thiazole rings is 1. The highest BCUT2D eigenvalue weighted by atomic mass is 79.9. The fraction of sp³-hybridized carbons (Fsp3) is 0.333. The molecule has 0 atom stereocenters. The molecule has 0 N–H and O–H groups in total. The number of cyclic esters (lactones) is 1. The molecule has 1 aliphatic rings. The van der Waals surface area contributed by atoms with Gasteiger partial charge in [-0.2, -0.15) is 0 Å². The third kappa shape index (κ3) is 2.98. The van der Waals surface area contributed by atoms with E-state index in [1.807, 2.05) is 6.07 Å². The lowest BCUT2D eigenvalue weighted by atomic mass is 10.3. The fourth-order valence-electron chi connectivity index (χ4n) is 1.85. The van der Waals surface area contributed by atoms with Crippen molar-refractivity contribution in [2.45, 2.75) is 6.42 Å². The molecular weight excluding hydrogens is 348 g/mol. The zero-order valence-electron chi connectivity index (χ0n) is 9.97. The Morgan fingerprint density at radius 3 is 3.05 bits per heavy atom. The number of amides is 1. The first kappa shape index (κ1) is 13.1. The number of halogens is 1. The van der Waals surface area contributed by atoms with Gasteiger partial charge in [-0.3, -0.25) is 0 Å². The molecule has 3 heterocycles. The first-order valence-corrected chi connectivity index (χ1v) is 8.33. The normalized spacial score (nSPS) is 15.0. The predicted octanol–water partition coefficient (Wildman–Crippen LogP) is 3.63. The van der Waals surface area contributed by atoms with E-state index < -0.39 is 0 Å². The van der Waals surface area contributed by atoms with Crippen molar-refractivity contribution in [1.29, 1.82) is 0 Å². The Balaban J connectivity index is 1.63. The largest absolute Gasteiger partial charge is 0.448 e. The third-order valence-electron chi connectivity index (χ3n) is 2.82. The number of ether oxygens (including phenoxy) is 1. The molecule has 7 heteroatoms. The third-order valence-corrected chi connectivity index (χ3v) is 5.37. The molecule has 0 spiro atoms. The van der Waals surface area contributed by atoms with Crippen LogP contribution < -0.4 is 0 Å². The molecule has 0 saturated carbocycles. The van der Waals surface area contributed by atoms with Crippen molar-refractivity contribution < 1.29 is 9.53 Å². The Bertz CT molecular complexity index is 596. The Hall–Kier alpha value is -0.920. The van der Waals surface area contributed by atoms with Crippen LogP contribution in [-0.4, -0.2) is 35.7 Å². The van der Waals surface area contributed by atoms with Crippen molar-refractivity contribution in [3.05, 3.63) is 26.3 Å². The molecule has 4 nitrogen and oxygen atoms in total. The van der Waals surface area contributed by atoms with E-state index in [0.29, 0.717) is 19.7 Å². The second-order valence-corrected chi connectivity index (χ2v) is 7.49. The van der Waals surface area contributed by atoms with Gasteiger partial charge < -0.3 is 9.64 Å². The van der Waals surface area contributed by atoms with E-state index in [1.54, 1.807) is 27.6 Å². The molecule has 1 aliphatic heterocycles. The van der Waals surface area contributed by atoms with Crippen LogP contribution in [0.3, 0.4) is 0 Å². The van der Waals surface area contributed by atoms with Crippen molar-refractivity contribution in [2.24, 2.45) is 0 Å². The van der Waals surface area contributed by atoms with Crippen molar-refractivity contribution in [2.75, 3.05) is 19.7 Å². The van der Waals surface area contributed by atoms with Crippen LogP contribution in [0, 0.1) is 0 Å². The monoisotopic (exact) mass is 358 g/mol. The number of nitrogens with zero attached hydrogens (tertiary/aromatic N) is 2. The van der Waals surface area contributed by atoms with E-state index in [0.717, 1.165) is 25.8 Å². The van der Waals surface area contributed by atoms with E-state index in [-0.39, 0.29) is 6.09 Å². The minimum Gasteiger partial charge on any atom is -0.448 e. The average molecular weight is 359 g/mol. The Labute approximate surface area is 127 Å². The van der Waals surface area contributed by atoms with Crippen LogP contribution in [0.5, 0.6) is 0 Å². The highest BCUT2D eigenvalue weighted by Crippen LogP contribution is 2.31. The number of hydrogen-bond donors (Lipinski definition) is 0. The number of aromatic nitrogens is 1. The lowest BCUT2D eigenvalue weighted by Gasteiger charge is -2.10. The van der Waals surface area contributed by atoms with Crippen LogP contribution in [-0.2, 0) is 11.2 Å². The summed E-state index contributed by atoms with van der Waals surface area (Å²) in [4.78, 5) is 18.8.